The van der Waals surface area contributed by atoms with Gasteiger partial charge in [0.1, 0.15) is 6.04 Å². The van der Waals surface area contributed by atoms with E-state index < -0.39 is 12.0 Å². The third-order valence-electron chi connectivity index (χ3n) is 2.46. The lowest BCUT2D eigenvalue weighted by Gasteiger charge is -2.12. The number of hydrogen-bond acceptors (Lipinski definition) is 3. The van der Waals surface area contributed by atoms with Crippen molar-refractivity contribution < 1.29 is 14.7 Å². The highest BCUT2D eigenvalue weighted by atomic mass is 16.4. The van der Waals surface area contributed by atoms with Gasteiger partial charge in [-0.15, -0.1) is 0 Å². The maximum atomic E-state index is 11.3. The summed E-state index contributed by atoms with van der Waals surface area (Å²) in [4.78, 5) is 21.9. The summed E-state index contributed by atoms with van der Waals surface area (Å²) in [6, 6.07) is -0.764. The van der Waals surface area contributed by atoms with Crippen LogP contribution in [-0.2, 0) is 9.59 Å². The van der Waals surface area contributed by atoms with Gasteiger partial charge in [0.05, 0.1) is 6.54 Å². The van der Waals surface area contributed by atoms with Crippen molar-refractivity contribution in [1.29, 1.82) is 0 Å². The number of carboxylic acids is 1. The summed E-state index contributed by atoms with van der Waals surface area (Å²) in [7, 11) is 0. The Morgan fingerprint density at radius 2 is 2.13 bits per heavy atom. The van der Waals surface area contributed by atoms with Crippen molar-refractivity contribution in [1.82, 2.24) is 10.6 Å². The minimum atomic E-state index is -0.979. The van der Waals surface area contributed by atoms with Gasteiger partial charge in [0.2, 0.25) is 5.91 Å². The molecule has 3 N–H and O–H groups in total. The molecular formula is C10H18N2O3. The van der Waals surface area contributed by atoms with Crippen molar-refractivity contribution in [2.45, 2.75) is 32.2 Å². The molecule has 0 aromatic heterocycles. The number of carbonyl (C=O) groups excluding carboxylic acids is 1. The van der Waals surface area contributed by atoms with Crippen molar-refractivity contribution in [3.05, 3.63) is 0 Å². The van der Waals surface area contributed by atoms with Crippen LogP contribution in [0.3, 0.4) is 0 Å². The first kappa shape index (κ1) is 12.0. The third-order valence-corrected chi connectivity index (χ3v) is 2.46. The molecule has 86 valence electrons. The van der Waals surface area contributed by atoms with Crippen LogP contribution in [-0.4, -0.2) is 36.1 Å². The molecule has 1 rings (SSSR count). The second-order valence-electron chi connectivity index (χ2n) is 3.94. The predicted molar refractivity (Wildman–Crippen MR) is 55.5 cm³/mol. The van der Waals surface area contributed by atoms with Crippen LogP contribution >= 0.6 is 0 Å². The zero-order valence-electron chi connectivity index (χ0n) is 8.95. The average molecular weight is 214 g/mol. The largest absolute Gasteiger partial charge is 0.480 e. The van der Waals surface area contributed by atoms with Gasteiger partial charge in [-0.1, -0.05) is 6.92 Å². The molecule has 1 aliphatic rings. The van der Waals surface area contributed by atoms with Crippen molar-refractivity contribution >= 4 is 11.9 Å². The van der Waals surface area contributed by atoms with Gasteiger partial charge in [-0.3, -0.25) is 4.79 Å². The van der Waals surface area contributed by atoms with Crippen LogP contribution in [0.25, 0.3) is 0 Å². The molecule has 0 unspecified atom stereocenters. The maximum Gasteiger partial charge on any atom is 0.326 e. The molecule has 0 aromatic rings. The normalized spacial score (nSPS) is 17.1. The Morgan fingerprint density at radius 3 is 2.60 bits per heavy atom. The van der Waals surface area contributed by atoms with Crippen molar-refractivity contribution in [2.24, 2.45) is 5.92 Å². The zero-order valence-corrected chi connectivity index (χ0v) is 8.95. The summed E-state index contributed by atoms with van der Waals surface area (Å²) in [6.45, 7) is 2.80. The molecule has 0 saturated heterocycles. The molecule has 5 heteroatoms. The Kier molecular flexibility index (Phi) is 4.55. The van der Waals surface area contributed by atoms with Crippen LogP contribution in [0, 0.1) is 5.92 Å². The van der Waals surface area contributed by atoms with Gasteiger partial charge in [-0.05, 0) is 31.7 Å². The first-order valence-electron chi connectivity index (χ1n) is 5.36. The van der Waals surface area contributed by atoms with Crippen LogP contribution in [0.2, 0.25) is 0 Å². The summed E-state index contributed by atoms with van der Waals surface area (Å²) >= 11 is 0. The van der Waals surface area contributed by atoms with E-state index in [1.54, 1.807) is 6.92 Å². The number of rotatable bonds is 7. The van der Waals surface area contributed by atoms with Crippen LogP contribution in [0.1, 0.15) is 26.2 Å². The molecule has 1 fully saturated rings. The Hall–Kier alpha value is -1.10. The van der Waals surface area contributed by atoms with Gasteiger partial charge in [0.25, 0.3) is 0 Å². The summed E-state index contributed by atoms with van der Waals surface area (Å²) in [5.41, 5.74) is 0. The third kappa shape index (κ3) is 4.78. The molecule has 0 aromatic carbocycles. The molecular weight excluding hydrogens is 196 g/mol. The highest BCUT2D eigenvalue weighted by Gasteiger charge is 2.21. The number of carbonyl (C=O) groups is 2. The molecule has 1 saturated carbocycles. The van der Waals surface area contributed by atoms with Crippen molar-refractivity contribution in [3.63, 3.8) is 0 Å². The van der Waals surface area contributed by atoms with Gasteiger partial charge in [-0.2, -0.15) is 0 Å². The quantitative estimate of drug-likeness (QED) is 0.556. The van der Waals surface area contributed by atoms with Crippen LogP contribution < -0.4 is 10.6 Å². The molecule has 1 atom stereocenters. The topological polar surface area (TPSA) is 78.4 Å². The van der Waals surface area contributed by atoms with Gasteiger partial charge in [-0.25, -0.2) is 4.79 Å². The molecule has 0 radical (unpaired) electrons. The first-order valence-corrected chi connectivity index (χ1v) is 5.36. The summed E-state index contributed by atoms with van der Waals surface area (Å²) < 4.78 is 0. The standard InChI is InChI=1S/C10H18N2O3/c1-2-8(10(14)15)12-9(13)6-11-5-7-3-4-7/h7-8,11H,2-6H2,1H3,(H,12,13)(H,14,15)/t8-/m0/s1. The molecule has 0 spiro atoms. The highest BCUT2D eigenvalue weighted by molar-refractivity contribution is 5.84. The van der Waals surface area contributed by atoms with E-state index in [9.17, 15) is 9.59 Å². The lowest BCUT2D eigenvalue weighted by molar-refractivity contribution is -0.141. The second kappa shape index (κ2) is 5.70. The zero-order chi connectivity index (χ0) is 11.3. The number of nitrogens with one attached hydrogen (secondary N) is 2. The fourth-order valence-corrected chi connectivity index (χ4v) is 1.30. The van der Waals surface area contributed by atoms with Crippen LogP contribution in [0.5, 0.6) is 0 Å². The monoisotopic (exact) mass is 214 g/mol. The minimum absolute atomic E-state index is 0.209. The van der Waals surface area contributed by atoms with E-state index in [2.05, 4.69) is 10.6 Å². The smallest absolute Gasteiger partial charge is 0.326 e. The van der Waals surface area contributed by atoms with Gasteiger partial charge < -0.3 is 15.7 Å². The lowest BCUT2D eigenvalue weighted by atomic mass is 10.2. The summed E-state index contributed by atoms with van der Waals surface area (Å²) in [5, 5.41) is 14.2. The molecule has 5 nitrogen and oxygen atoms in total. The van der Waals surface area contributed by atoms with E-state index in [1.807, 2.05) is 0 Å². The Morgan fingerprint density at radius 1 is 1.47 bits per heavy atom. The number of carboxylic acid groups (broad SMARTS) is 1. The minimum Gasteiger partial charge on any atom is -0.480 e. The van der Waals surface area contributed by atoms with Crippen molar-refractivity contribution in [2.75, 3.05) is 13.1 Å². The van der Waals surface area contributed by atoms with E-state index in [0.717, 1.165) is 12.5 Å². The van der Waals surface area contributed by atoms with Crippen LogP contribution in [0.4, 0.5) is 0 Å². The summed E-state index contributed by atoms with van der Waals surface area (Å²) in [5.74, 6) is -0.503. The highest BCUT2D eigenvalue weighted by Crippen LogP contribution is 2.27. The number of amides is 1. The van der Waals surface area contributed by atoms with E-state index >= 15 is 0 Å². The van der Waals surface area contributed by atoms with E-state index in [0.29, 0.717) is 6.42 Å². The Bertz CT molecular complexity index is 239. The number of aliphatic carboxylic acids is 1. The fraction of sp³-hybridized carbons (Fsp3) is 0.800. The Labute approximate surface area is 89.2 Å². The van der Waals surface area contributed by atoms with E-state index in [4.69, 9.17) is 5.11 Å². The molecule has 15 heavy (non-hydrogen) atoms. The maximum absolute atomic E-state index is 11.3. The molecule has 1 aliphatic carbocycles. The molecule has 0 bridgehead atoms. The first-order chi connectivity index (χ1) is 7.13. The Balaban J connectivity index is 2.12. The fourth-order valence-electron chi connectivity index (χ4n) is 1.30. The van der Waals surface area contributed by atoms with E-state index in [1.165, 1.54) is 12.8 Å². The van der Waals surface area contributed by atoms with E-state index in [-0.39, 0.29) is 12.5 Å². The summed E-state index contributed by atoms with van der Waals surface area (Å²) in [6.07, 6.45) is 2.88. The van der Waals surface area contributed by atoms with Crippen LogP contribution in [0.15, 0.2) is 0 Å². The number of hydrogen-bond donors (Lipinski definition) is 3. The molecule has 0 aliphatic heterocycles. The van der Waals surface area contributed by atoms with Gasteiger partial charge in [0.15, 0.2) is 0 Å². The SMILES string of the molecule is CC[C@H](NC(=O)CNCC1CC1)C(=O)O. The second-order valence-corrected chi connectivity index (χ2v) is 3.94. The lowest BCUT2D eigenvalue weighted by Crippen LogP contribution is -2.44. The molecule has 1 amide bonds. The molecule has 0 heterocycles. The predicted octanol–water partition coefficient (Wildman–Crippen LogP) is -0.0346. The van der Waals surface area contributed by atoms with Gasteiger partial charge >= 0.3 is 5.97 Å². The average Bonchev–Trinajstić information content (AvgIpc) is 2.97. The van der Waals surface area contributed by atoms with Crippen molar-refractivity contribution in [3.8, 4) is 0 Å². The van der Waals surface area contributed by atoms with Gasteiger partial charge in [0, 0.05) is 0 Å².